The summed E-state index contributed by atoms with van der Waals surface area (Å²) >= 11 is 0. The van der Waals surface area contributed by atoms with Crippen LogP contribution in [0.15, 0.2) is 22.8 Å². The monoisotopic (exact) mass is 341 g/mol. The Bertz CT molecular complexity index is 580. The first-order valence-corrected chi connectivity index (χ1v) is 10.3. The quantitative estimate of drug-likeness (QED) is 0.802. The zero-order valence-corrected chi connectivity index (χ0v) is 14.7. The van der Waals surface area contributed by atoms with Gasteiger partial charge in [0.2, 0.25) is 10.0 Å². The van der Waals surface area contributed by atoms with Crippen molar-refractivity contribution in [3.8, 4) is 0 Å². The summed E-state index contributed by atoms with van der Waals surface area (Å²) in [6.07, 6.45) is 5.17. The number of rotatable bonds is 5. The van der Waals surface area contributed by atoms with Gasteiger partial charge in [-0.15, -0.1) is 0 Å². The van der Waals surface area contributed by atoms with Crippen LogP contribution in [0.1, 0.15) is 18.6 Å². The van der Waals surface area contributed by atoms with E-state index >= 15 is 0 Å². The lowest BCUT2D eigenvalue weighted by molar-refractivity contribution is 0.0964. The summed E-state index contributed by atoms with van der Waals surface area (Å²) in [5.74, 6) is 1.49. The minimum absolute atomic E-state index is 0.468. The van der Waals surface area contributed by atoms with Crippen LogP contribution in [-0.2, 0) is 16.6 Å². The minimum Gasteiger partial charge on any atom is -0.468 e. The van der Waals surface area contributed by atoms with Crippen molar-refractivity contribution in [3.63, 3.8) is 0 Å². The number of furan rings is 1. The first-order chi connectivity index (χ1) is 11.0. The Kier molecular flexibility index (Phi) is 5.41. The molecule has 2 fully saturated rings. The Balaban J connectivity index is 1.43. The molecule has 23 heavy (non-hydrogen) atoms. The smallest absolute Gasteiger partial charge is 0.211 e. The van der Waals surface area contributed by atoms with E-state index in [0.717, 1.165) is 57.9 Å². The van der Waals surface area contributed by atoms with Crippen LogP contribution in [0.2, 0.25) is 0 Å². The largest absolute Gasteiger partial charge is 0.468 e. The maximum absolute atomic E-state index is 11.7. The summed E-state index contributed by atoms with van der Waals surface area (Å²) < 4.78 is 30.5. The van der Waals surface area contributed by atoms with Gasteiger partial charge in [0, 0.05) is 45.8 Å². The van der Waals surface area contributed by atoms with Crippen molar-refractivity contribution in [2.24, 2.45) is 5.92 Å². The lowest BCUT2D eigenvalue weighted by atomic mass is 9.99. The van der Waals surface area contributed by atoms with E-state index in [1.54, 1.807) is 10.6 Å². The fourth-order valence-electron chi connectivity index (χ4n) is 3.60. The summed E-state index contributed by atoms with van der Waals surface area (Å²) in [6.45, 7) is 7.46. The van der Waals surface area contributed by atoms with Crippen LogP contribution in [0.4, 0.5) is 0 Å². The molecule has 0 bridgehead atoms. The highest BCUT2D eigenvalue weighted by atomic mass is 32.2. The second kappa shape index (κ2) is 7.34. The van der Waals surface area contributed by atoms with E-state index in [9.17, 15) is 8.42 Å². The number of nitrogens with zero attached hydrogens (tertiary/aromatic N) is 3. The molecule has 0 saturated carbocycles. The highest BCUT2D eigenvalue weighted by Gasteiger charge is 2.28. The number of sulfonamides is 1. The van der Waals surface area contributed by atoms with Gasteiger partial charge in [-0.1, -0.05) is 0 Å². The lowest BCUT2D eigenvalue weighted by Crippen LogP contribution is -2.49. The lowest BCUT2D eigenvalue weighted by Gasteiger charge is -2.38. The second-order valence-corrected chi connectivity index (χ2v) is 8.77. The molecular formula is C16H27N3O3S. The molecule has 1 aromatic heterocycles. The first kappa shape index (κ1) is 17.0. The normalized spacial score (nSPS) is 25.7. The van der Waals surface area contributed by atoms with E-state index in [4.69, 9.17) is 4.42 Å². The van der Waals surface area contributed by atoms with Gasteiger partial charge in [-0.2, -0.15) is 0 Å². The van der Waals surface area contributed by atoms with E-state index in [-0.39, 0.29) is 0 Å². The number of piperazine rings is 1. The third-order valence-electron chi connectivity index (χ3n) is 4.89. The van der Waals surface area contributed by atoms with Crippen LogP contribution in [0.25, 0.3) is 0 Å². The van der Waals surface area contributed by atoms with Crippen molar-refractivity contribution in [1.29, 1.82) is 0 Å². The topological polar surface area (TPSA) is 57.0 Å². The van der Waals surface area contributed by atoms with Crippen LogP contribution in [-0.4, -0.2) is 74.6 Å². The summed E-state index contributed by atoms with van der Waals surface area (Å²) in [7, 11) is -3.04. The SMILES string of the molecule is CS(=O)(=O)N1CCCC(CN2CCN(Cc3ccco3)CC2)C1. The molecule has 130 valence electrons. The fourth-order valence-corrected chi connectivity index (χ4v) is 4.54. The summed E-state index contributed by atoms with van der Waals surface area (Å²) in [4.78, 5) is 4.90. The Labute approximate surface area is 139 Å². The molecule has 6 nitrogen and oxygen atoms in total. The predicted octanol–water partition coefficient (Wildman–Crippen LogP) is 1.07. The van der Waals surface area contributed by atoms with Crippen LogP contribution >= 0.6 is 0 Å². The highest BCUT2D eigenvalue weighted by molar-refractivity contribution is 7.88. The van der Waals surface area contributed by atoms with Crippen molar-refractivity contribution in [2.45, 2.75) is 19.4 Å². The fraction of sp³-hybridized carbons (Fsp3) is 0.750. The molecule has 1 atom stereocenters. The number of piperidine rings is 1. The molecule has 1 unspecified atom stereocenters. The molecule has 0 radical (unpaired) electrons. The third kappa shape index (κ3) is 4.79. The molecule has 0 amide bonds. The summed E-state index contributed by atoms with van der Waals surface area (Å²) in [6, 6.07) is 3.95. The van der Waals surface area contributed by atoms with Crippen molar-refractivity contribution >= 4 is 10.0 Å². The average molecular weight is 341 g/mol. The molecule has 2 aliphatic rings. The molecule has 2 aliphatic heterocycles. The van der Waals surface area contributed by atoms with Gasteiger partial charge in [0.25, 0.3) is 0 Å². The zero-order chi connectivity index (χ0) is 16.3. The number of hydrogen-bond acceptors (Lipinski definition) is 5. The second-order valence-electron chi connectivity index (χ2n) is 6.79. The molecule has 0 aliphatic carbocycles. The molecule has 2 saturated heterocycles. The van der Waals surface area contributed by atoms with Crippen molar-refractivity contribution in [3.05, 3.63) is 24.2 Å². The minimum atomic E-state index is -3.04. The van der Waals surface area contributed by atoms with E-state index in [2.05, 4.69) is 9.80 Å². The van der Waals surface area contributed by atoms with Crippen LogP contribution < -0.4 is 0 Å². The molecule has 3 heterocycles. The van der Waals surface area contributed by atoms with Crippen LogP contribution in [0.5, 0.6) is 0 Å². The van der Waals surface area contributed by atoms with E-state index in [0.29, 0.717) is 19.0 Å². The van der Waals surface area contributed by atoms with Crippen LogP contribution in [0.3, 0.4) is 0 Å². The molecule has 3 rings (SSSR count). The van der Waals surface area contributed by atoms with Gasteiger partial charge in [-0.3, -0.25) is 4.90 Å². The van der Waals surface area contributed by atoms with Gasteiger partial charge < -0.3 is 9.32 Å². The third-order valence-corrected chi connectivity index (χ3v) is 6.16. The van der Waals surface area contributed by atoms with Crippen molar-refractivity contribution in [1.82, 2.24) is 14.1 Å². The van der Waals surface area contributed by atoms with Crippen LogP contribution in [0, 0.1) is 5.92 Å². The molecule has 1 aromatic rings. The van der Waals surface area contributed by atoms with Gasteiger partial charge in [0.15, 0.2) is 0 Å². The summed E-state index contributed by atoms with van der Waals surface area (Å²) in [5.41, 5.74) is 0. The van der Waals surface area contributed by atoms with Gasteiger partial charge in [0.1, 0.15) is 5.76 Å². The summed E-state index contributed by atoms with van der Waals surface area (Å²) in [5, 5.41) is 0. The maximum Gasteiger partial charge on any atom is 0.211 e. The van der Waals surface area contributed by atoms with E-state index in [1.807, 2.05) is 12.1 Å². The molecule has 0 aromatic carbocycles. The Hall–Kier alpha value is -0.890. The maximum atomic E-state index is 11.7. The van der Waals surface area contributed by atoms with Crippen molar-refractivity contribution in [2.75, 3.05) is 52.1 Å². The van der Waals surface area contributed by atoms with Gasteiger partial charge >= 0.3 is 0 Å². The molecule has 0 spiro atoms. The number of hydrogen-bond donors (Lipinski definition) is 0. The highest BCUT2D eigenvalue weighted by Crippen LogP contribution is 2.20. The van der Waals surface area contributed by atoms with Crippen molar-refractivity contribution < 1.29 is 12.8 Å². The predicted molar refractivity (Wildman–Crippen MR) is 89.6 cm³/mol. The zero-order valence-electron chi connectivity index (χ0n) is 13.9. The first-order valence-electron chi connectivity index (χ1n) is 8.43. The molecule has 7 heteroatoms. The van der Waals surface area contributed by atoms with Gasteiger partial charge in [-0.05, 0) is 30.9 Å². The Morgan fingerprint density at radius 2 is 1.91 bits per heavy atom. The van der Waals surface area contributed by atoms with Gasteiger partial charge in [-0.25, -0.2) is 12.7 Å². The Morgan fingerprint density at radius 1 is 1.17 bits per heavy atom. The standard InChI is InChI=1S/C16H27N3O3S/c1-23(20,21)19-6-2-4-15(13-19)12-17-7-9-18(10-8-17)14-16-5-3-11-22-16/h3,5,11,15H,2,4,6-10,12-14H2,1H3. The van der Waals surface area contributed by atoms with Gasteiger partial charge in [0.05, 0.1) is 19.1 Å². The Morgan fingerprint density at radius 3 is 2.57 bits per heavy atom. The van der Waals surface area contributed by atoms with E-state index < -0.39 is 10.0 Å². The average Bonchev–Trinajstić information content (AvgIpc) is 3.02. The van der Waals surface area contributed by atoms with E-state index in [1.165, 1.54) is 6.26 Å². The molecular weight excluding hydrogens is 314 g/mol. The molecule has 0 N–H and O–H groups in total.